The SMILES string of the molecule is COc1ccccc1CN(C)C(=O)c1ccnc(-c2scnc2C)c1. The first kappa shape index (κ1) is 17.1. The lowest BCUT2D eigenvalue weighted by atomic mass is 10.1. The number of carbonyl (C=O) groups is 1. The smallest absolute Gasteiger partial charge is 0.254 e. The minimum Gasteiger partial charge on any atom is -0.496 e. The van der Waals surface area contributed by atoms with Gasteiger partial charge in [0.05, 0.1) is 28.9 Å². The number of carbonyl (C=O) groups excluding carboxylic acids is 1. The standard InChI is InChI=1S/C19H19N3O2S/c1-13-18(25-12-21-13)16-10-14(8-9-20-16)19(23)22(2)11-15-6-4-5-7-17(15)24-3/h4-10,12H,11H2,1-3H3. The summed E-state index contributed by atoms with van der Waals surface area (Å²) in [6.45, 7) is 2.41. The molecule has 0 unspecified atom stereocenters. The monoisotopic (exact) mass is 353 g/mol. The summed E-state index contributed by atoms with van der Waals surface area (Å²) in [5.41, 5.74) is 5.05. The number of thiazole rings is 1. The van der Waals surface area contributed by atoms with E-state index in [2.05, 4.69) is 9.97 Å². The quantitative estimate of drug-likeness (QED) is 0.700. The van der Waals surface area contributed by atoms with E-state index < -0.39 is 0 Å². The van der Waals surface area contributed by atoms with Crippen molar-refractivity contribution in [2.24, 2.45) is 0 Å². The third-order valence-corrected chi connectivity index (χ3v) is 4.88. The predicted molar refractivity (Wildman–Crippen MR) is 98.9 cm³/mol. The summed E-state index contributed by atoms with van der Waals surface area (Å²) in [5.74, 6) is 0.717. The molecule has 6 heteroatoms. The molecule has 0 saturated heterocycles. The van der Waals surface area contributed by atoms with Gasteiger partial charge in [-0.05, 0) is 25.1 Å². The minimum atomic E-state index is -0.0586. The number of aryl methyl sites for hydroxylation is 1. The van der Waals surface area contributed by atoms with Gasteiger partial charge in [0.15, 0.2) is 0 Å². The van der Waals surface area contributed by atoms with Gasteiger partial charge in [-0.25, -0.2) is 4.98 Å². The molecule has 128 valence electrons. The molecule has 0 saturated carbocycles. The van der Waals surface area contributed by atoms with Crippen LogP contribution < -0.4 is 4.74 Å². The third-order valence-electron chi connectivity index (χ3n) is 3.93. The Morgan fingerprint density at radius 3 is 2.76 bits per heavy atom. The Hall–Kier alpha value is -2.73. The van der Waals surface area contributed by atoms with Crippen LogP contribution in [0.3, 0.4) is 0 Å². The molecule has 0 N–H and O–H groups in total. The van der Waals surface area contributed by atoms with Crippen molar-refractivity contribution in [2.75, 3.05) is 14.2 Å². The van der Waals surface area contributed by atoms with Crippen molar-refractivity contribution >= 4 is 17.2 Å². The van der Waals surface area contributed by atoms with E-state index in [-0.39, 0.29) is 5.91 Å². The van der Waals surface area contributed by atoms with Gasteiger partial charge in [0.2, 0.25) is 0 Å². The fourth-order valence-electron chi connectivity index (χ4n) is 2.62. The van der Waals surface area contributed by atoms with E-state index in [0.29, 0.717) is 12.1 Å². The van der Waals surface area contributed by atoms with E-state index >= 15 is 0 Å². The van der Waals surface area contributed by atoms with Crippen molar-refractivity contribution in [3.63, 3.8) is 0 Å². The minimum absolute atomic E-state index is 0.0586. The largest absolute Gasteiger partial charge is 0.496 e. The molecule has 0 atom stereocenters. The second-order valence-electron chi connectivity index (χ2n) is 5.67. The number of methoxy groups -OCH3 is 1. The highest BCUT2D eigenvalue weighted by atomic mass is 32.1. The lowest BCUT2D eigenvalue weighted by Crippen LogP contribution is -2.26. The van der Waals surface area contributed by atoms with Crippen LogP contribution in [0.4, 0.5) is 0 Å². The van der Waals surface area contributed by atoms with Crippen LogP contribution in [0.25, 0.3) is 10.6 Å². The molecule has 1 amide bonds. The summed E-state index contributed by atoms with van der Waals surface area (Å²) in [6.07, 6.45) is 1.67. The van der Waals surface area contributed by atoms with Gasteiger partial charge >= 0.3 is 0 Å². The van der Waals surface area contributed by atoms with Crippen LogP contribution in [0, 0.1) is 6.92 Å². The Morgan fingerprint density at radius 2 is 2.04 bits per heavy atom. The number of pyridine rings is 1. The summed E-state index contributed by atoms with van der Waals surface area (Å²) in [4.78, 5) is 24.1. The number of aromatic nitrogens is 2. The molecule has 3 rings (SSSR count). The summed E-state index contributed by atoms with van der Waals surface area (Å²) in [6, 6.07) is 11.3. The van der Waals surface area contributed by atoms with Crippen LogP contribution in [0.2, 0.25) is 0 Å². The lowest BCUT2D eigenvalue weighted by Gasteiger charge is -2.19. The highest BCUT2D eigenvalue weighted by molar-refractivity contribution is 7.13. The second kappa shape index (κ2) is 7.44. The van der Waals surface area contributed by atoms with Gasteiger partial charge in [-0.2, -0.15) is 0 Å². The number of benzene rings is 1. The number of hydrogen-bond acceptors (Lipinski definition) is 5. The number of nitrogens with zero attached hydrogens (tertiary/aromatic N) is 3. The number of hydrogen-bond donors (Lipinski definition) is 0. The van der Waals surface area contributed by atoms with Crippen molar-refractivity contribution < 1.29 is 9.53 Å². The Kier molecular flexibility index (Phi) is 5.09. The first-order valence-corrected chi connectivity index (χ1v) is 8.72. The average Bonchev–Trinajstić information content (AvgIpc) is 3.07. The van der Waals surface area contributed by atoms with E-state index in [0.717, 1.165) is 27.6 Å². The van der Waals surface area contributed by atoms with E-state index in [9.17, 15) is 4.79 Å². The molecule has 0 aliphatic rings. The van der Waals surface area contributed by atoms with Crippen LogP contribution in [-0.2, 0) is 6.54 Å². The summed E-state index contributed by atoms with van der Waals surface area (Å²) in [7, 11) is 3.42. The van der Waals surface area contributed by atoms with Crippen LogP contribution in [0.1, 0.15) is 21.6 Å². The van der Waals surface area contributed by atoms with Crippen LogP contribution in [0.5, 0.6) is 5.75 Å². The summed E-state index contributed by atoms with van der Waals surface area (Å²) >= 11 is 1.52. The maximum Gasteiger partial charge on any atom is 0.254 e. The molecule has 3 aromatic rings. The van der Waals surface area contributed by atoms with Crippen molar-refractivity contribution in [3.8, 4) is 16.3 Å². The van der Waals surface area contributed by atoms with Crippen molar-refractivity contribution in [2.45, 2.75) is 13.5 Å². The van der Waals surface area contributed by atoms with E-state index in [1.807, 2.05) is 37.3 Å². The molecule has 1 aromatic carbocycles. The number of para-hydroxylation sites is 1. The van der Waals surface area contributed by atoms with Crippen molar-refractivity contribution in [1.29, 1.82) is 0 Å². The topological polar surface area (TPSA) is 55.3 Å². The van der Waals surface area contributed by atoms with Gasteiger partial charge in [-0.3, -0.25) is 9.78 Å². The first-order valence-electron chi connectivity index (χ1n) is 7.84. The fraction of sp³-hybridized carbons (Fsp3) is 0.211. The number of rotatable bonds is 5. The second-order valence-corrected chi connectivity index (χ2v) is 6.52. The average molecular weight is 353 g/mol. The van der Waals surface area contributed by atoms with Crippen LogP contribution >= 0.6 is 11.3 Å². The van der Waals surface area contributed by atoms with Gasteiger partial charge in [-0.15, -0.1) is 11.3 Å². The molecule has 0 radical (unpaired) electrons. The van der Waals surface area contributed by atoms with Gasteiger partial charge < -0.3 is 9.64 Å². The molecular formula is C19H19N3O2S. The molecule has 2 aromatic heterocycles. The molecule has 0 aliphatic carbocycles. The van der Waals surface area contributed by atoms with Gasteiger partial charge in [0.1, 0.15) is 5.75 Å². The Bertz CT molecular complexity index is 892. The highest BCUT2D eigenvalue weighted by Gasteiger charge is 2.16. The van der Waals surface area contributed by atoms with Crippen molar-refractivity contribution in [3.05, 3.63) is 64.9 Å². The first-order chi connectivity index (χ1) is 12.1. The third kappa shape index (κ3) is 3.69. The molecule has 0 bridgehead atoms. The number of amides is 1. The van der Waals surface area contributed by atoms with Gasteiger partial charge in [0.25, 0.3) is 5.91 Å². The summed E-state index contributed by atoms with van der Waals surface area (Å²) < 4.78 is 5.36. The Morgan fingerprint density at radius 1 is 1.24 bits per heavy atom. The van der Waals surface area contributed by atoms with Gasteiger partial charge in [-0.1, -0.05) is 18.2 Å². The zero-order valence-electron chi connectivity index (χ0n) is 14.4. The highest BCUT2D eigenvalue weighted by Crippen LogP contribution is 2.26. The predicted octanol–water partition coefficient (Wildman–Crippen LogP) is 3.79. The zero-order valence-corrected chi connectivity index (χ0v) is 15.2. The van der Waals surface area contributed by atoms with Crippen LogP contribution in [0.15, 0.2) is 48.1 Å². The molecule has 0 aliphatic heterocycles. The number of ether oxygens (including phenoxy) is 1. The molecule has 25 heavy (non-hydrogen) atoms. The fourth-order valence-corrected chi connectivity index (χ4v) is 3.39. The van der Waals surface area contributed by atoms with E-state index in [4.69, 9.17) is 4.74 Å². The molecule has 0 fully saturated rings. The Balaban J connectivity index is 1.82. The maximum atomic E-state index is 12.8. The van der Waals surface area contributed by atoms with Crippen LogP contribution in [-0.4, -0.2) is 34.9 Å². The zero-order chi connectivity index (χ0) is 17.8. The molecular weight excluding hydrogens is 334 g/mol. The summed E-state index contributed by atoms with van der Waals surface area (Å²) in [5, 5.41) is 0. The lowest BCUT2D eigenvalue weighted by molar-refractivity contribution is 0.0784. The molecule has 0 spiro atoms. The molecule has 2 heterocycles. The maximum absolute atomic E-state index is 12.8. The van der Waals surface area contributed by atoms with Gasteiger partial charge in [0, 0.05) is 30.9 Å². The van der Waals surface area contributed by atoms with E-state index in [1.54, 1.807) is 36.8 Å². The van der Waals surface area contributed by atoms with E-state index in [1.165, 1.54) is 11.3 Å². The molecule has 5 nitrogen and oxygen atoms in total. The normalized spacial score (nSPS) is 10.5. The Labute approximate surface area is 150 Å². The van der Waals surface area contributed by atoms with Crippen molar-refractivity contribution in [1.82, 2.24) is 14.9 Å².